The Morgan fingerprint density at radius 1 is 1.56 bits per heavy atom. The number of hydrogen-bond donors (Lipinski definition) is 0. The zero-order valence-electron chi connectivity index (χ0n) is 5.81. The van der Waals surface area contributed by atoms with Gasteiger partial charge in [-0.05, 0) is 39.9 Å². The molecule has 0 aliphatic carbocycles. The normalized spacial score (nSPS) is 8.00. The van der Waals surface area contributed by atoms with E-state index in [1.165, 1.54) is 17.1 Å². The summed E-state index contributed by atoms with van der Waals surface area (Å²) in [6.45, 7) is 6.02. The van der Waals surface area contributed by atoms with Gasteiger partial charge in [0.15, 0.2) is 0 Å². The van der Waals surface area contributed by atoms with E-state index in [2.05, 4.69) is 20.3 Å². The van der Waals surface area contributed by atoms with E-state index in [9.17, 15) is 0 Å². The van der Waals surface area contributed by atoms with Gasteiger partial charge in [0.25, 0.3) is 0 Å². The molecule has 1 heterocycles. The molecule has 52 valence electrons. The maximum Gasteiger partial charge on any atom is 0.122 e. The molecule has 0 aliphatic heterocycles. The van der Waals surface area contributed by atoms with Gasteiger partial charge < -0.3 is 0 Å². The summed E-state index contributed by atoms with van der Waals surface area (Å²) in [5.74, 6) is 0. The Morgan fingerprint density at radius 2 is 2.11 bits per heavy atom. The first kappa shape index (κ1) is 9.11. The van der Waals surface area contributed by atoms with Crippen LogP contribution in [0.5, 0.6) is 0 Å². The van der Waals surface area contributed by atoms with E-state index in [4.69, 9.17) is 0 Å². The van der Waals surface area contributed by atoms with Crippen molar-refractivity contribution in [1.29, 1.82) is 0 Å². The average molecular weight is 208 g/mol. The number of aromatic nitrogens is 1. The fraction of sp³-hybridized carbons (Fsp3) is 0.500. The fourth-order valence-electron chi connectivity index (χ4n) is 0.272. The molecule has 0 spiro atoms. The van der Waals surface area contributed by atoms with Gasteiger partial charge in [-0.1, -0.05) is 13.8 Å². The first-order valence-corrected chi connectivity index (χ1v) is 4.50. The second kappa shape index (κ2) is 4.94. The Bertz CT molecular complexity index is 145. The van der Waals surface area contributed by atoms with Crippen molar-refractivity contribution in [1.82, 2.24) is 4.37 Å². The summed E-state index contributed by atoms with van der Waals surface area (Å²) in [7, 11) is 0. The predicted octanol–water partition coefficient (Wildman–Crippen LogP) is 3.24. The summed E-state index contributed by atoms with van der Waals surface area (Å²) >= 11 is 4.73. The van der Waals surface area contributed by atoms with Crippen molar-refractivity contribution in [3.8, 4) is 0 Å². The van der Waals surface area contributed by atoms with E-state index in [0.717, 1.165) is 4.60 Å². The van der Waals surface area contributed by atoms with Gasteiger partial charge in [0.1, 0.15) is 4.60 Å². The van der Waals surface area contributed by atoms with Crippen molar-refractivity contribution >= 4 is 27.5 Å². The molecule has 0 unspecified atom stereocenters. The van der Waals surface area contributed by atoms with Gasteiger partial charge in [0, 0.05) is 5.38 Å². The molecule has 1 aromatic heterocycles. The molecule has 0 atom stereocenters. The van der Waals surface area contributed by atoms with E-state index in [1.807, 2.05) is 26.2 Å². The number of halogens is 1. The fourth-order valence-corrected chi connectivity index (χ4v) is 1.35. The third kappa shape index (κ3) is 2.96. The Hall–Kier alpha value is 0.110. The second-order valence-corrected chi connectivity index (χ2v) is 2.67. The first-order chi connectivity index (χ1) is 4.30. The summed E-state index contributed by atoms with van der Waals surface area (Å²) in [6, 6.07) is 0. The topological polar surface area (TPSA) is 12.9 Å². The van der Waals surface area contributed by atoms with Crippen LogP contribution in [0.1, 0.15) is 19.4 Å². The van der Waals surface area contributed by atoms with Crippen LogP contribution in [0.2, 0.25) is 0 Å². The summed E-state index contributed by atoms with van der Waals surface area (Å²) in [5, 5.41) is 2.00. The molecule has 1 nitrogen and oxygen atoms in total. The molecule has 1 rings (SSSR count). The minimum atomic E-state index is 0.970. The van der Waals surface area contributed by atoms with Crippen LogP contribution in [0, 0.1) is 6.92 Å². The molecule has 0 radical (unpaired) electrons. The Morgan fingerprint density at radius 3 is 2.22 bits per heavy atom. The highest BCUT2D eigenvalue weighted by atomic mass is 79.9. The first-order valence-electron chi connectivity index (χ1n) is 2.87. The Labute approximate surface area is 68.4 Å². The molecule has 9 heavy (non-hydrogen) atoms. The summed E-state index contributed by atoms with van der Waals surface area (Å²) in [5.41, 5.74) is 1.21. The molecular weight excluding hydrogens is 198 g/mol. The summed E-state index contributed by atoms with van der Waals surface area (Å²) in [6.07, 6.45) is 0. The van der Waals surface area contributed by atoms with Crippen LogP contribution in [0.15, 0.2) is 9.98 Å². The lowest BCUT2D eigenvalue weighted by atomic mass is 10.5. The van der Waals surface area contributed by atoms with Crippen LogP contribution < -0.4 is 0 Å². The molecule has 0 bridgehead atoms. The third-order valence-electron chi connectivity index (χ3n) is 0.688. The lowest BCUT2D eigenvalue weighted by molar-refractivity contribution is 1.39. The van der Waals surface area contributed by atoms with E-state index < -0.39 is 0 Å². The molecule has 0 saturated heterocycles. The minimum absolute atomic E-state index is 0.970. The zero-order chi connectivity index (χ0) is 7.28. The second-order valence-electron chi connectivity index (χ2n) is 1.29. The van der Waals surface area contributed by atoms with Crippen LogP contribution in [-0.2, 0) is 0 Å². The molecule has 0 fully saturated rings. The quantitative estimate of drug-likeness (QED) is 0.637. The van der Waals surface area contributed by atoms with Crippen molar-refractivity contribution in [3.63, 3.8) is 0 Å². The highest BCUT2D eigenvalue weighted by Crippen LogP contribution is 2.14. The molecular formula is C6H10BrNS. The largest absolute Gasteiger partial charge is 0.185 e. The summed E-state index contributed by atoms with van der Waals surface area (Å²) in [4.78, 5) is 0. The van der Waals surface area contributed by atoms with Gasteiger partial charge in [-0.15, -0.1) is 0 Å². The van der Waals surface area contributed by atoms with Crippen molar-refractivity contribution in [2.75, 3.05) is 0 Å². The van der Waals surface area contributed by atoms with Gasteiger partial charge in [-0.2, -0.15) is 4.37 Å². The summed E-state index contributed by atoms with van der Waals surface area (Å²) < 4.78 is 4.94. The number of nitrogens with zero attached hydrogens (tertiary/aromatic N) is 1. The van der Waals surface area contributed by atoms with Crippen molar-refractivity contribution in [2.45, 2.75) is 20.8 Å². The van der Waals surface area contributed by atoms with Crippen LogP contribution >= 0.6 is 27.5 Å². The zero-order valence-corrected chi connectivity index (χ0v) is 8.21. The van der Waals surface area contributed by atoms with Crippen LogP contribution in [0.4, 0.5) is 0 Å². The monoisotopic (exact) mass is 207 g/mol. The smallest absolute Gasteiger partial charge is 0.122 e. The maximum atomic E-state index is 3.97. The van der Waals surface area contributed by atoms with Crippen molar-refractivity contribution < 1.29 is 0 Å². The maximum absolute atomic E-state index is 3.97. The average Bonchev–Trinajstić information content (AvgIpc) is 2.23. The molecule has 0 amide bonds. The van der Waals surface area contributed by atoms with E-state index in [1.54, 1.807) is 0 Å². The molecule has 0 aromatic carbocycles. The lowest BCUT2D eigenvalue weighted by Gasteiger charge is -1.75. The van der Waals surface area contributed by atoms with Crippen molar-refractivity contribution in [2.24, 2.45) is 0 Å². The minimum Gasteiger partial charge on any atom is -0.185 e. The predicted molar refractivity (Wildman–Crippen MR) is 45.9 cm³/mol. The molecule has 3 heteroatoms. The van der Waals surface area contributed by atoms with Gasteiger partial charge in [-0.25, -0.2) is 0 Å². The number of rotatable bonds is 0. The molecule has 0 saturated carbocycles. The highest BCUT2D eigenvalue weighted by molar-refractivity contribution is 9.10. The van der Waals surface area contributed by atoms with Gasteiger partial charge in [0.05, 0.1) is 0 Å². The van der Waals surface area contributed by atoms with Gasteiger partial charge in [0.2, 0.25) is 0 Å². The third-order valence-corrected chi connectivity index (χ3v) is 2.47. The standard InChI is InChI=1S/C4H4BrNS.C2H6/c1-3-2-7-6-4(3)5;1-2/h2H,1H3;1-2H3. The highest BCUT2D eigenvalue weighted by Gasteiger charge is 1.91. The van der Waals surface area contributed by atoms with Gasteiger partial charge in [-0.3, -0.25) is 0 Å². The molecule has 0 aliphatic rings. The van der Waals surface area contributed by atoms with E-state index in [0.29, 0.717) is 0 Å². The molecule has 1 aromatic rings. The Kier molecular flexibility index (Phi) is 5.00. The number of hydrogen-bond acceptors (Lipinski definition) is 2. The molecule has 0 N–H and O–H groups in total. The van der Waals surface area contributed by atoms with Crippen LogP contribution in [0.3, 0.4) is 0 Å². The van der Waals surface area contributed by atoms with E-state index in [-0.39, 0.29) is 0 Å². The number of aryl methyl sites for hydroxylation is 1. The SMILES string of the molecule is CC.Cc1csnc1Br. The lowest BCUT2D eigenvalue weighted by Crippen LogP contribution is -1.60. The van der Waals surface area contributed by atoms with E-state index >= 15 is 0 Å². The van der Waals surface area contributed by atoms with Crippen molar-refractivity contribution in [3.05, 3.63) is 15.5 Å². The van der Waals surface area contributed by atoms with Crippen LogP contribution in [0.25, 0.3) is 0 Å². The Balaban J connectivity index is 0.000000291. The van der Waals surface area contributed by atoms with Crippen LogP contribution in [-0.4, -0.2) is 4.37 Å². The van der Waals surface area contributed by atoms with Gasteiger partial charge >= 0.3 is 0 Å².